The molecule has 8 heteroatoms. The molecule has 1 aromatic heterocycles. The fraction of sp³-hybridized carbons (Fsp3) is 0.190. The molecule has 1 aliphatic heterocycles. The topological polar surface area (TPSA) is 61.4 Å². The molecule has 0 atom stereocenters. The van der Waals surface area contributed by atoms with Crippen LogP contribution in [0, 0.1) is 11.6 Å². The van der Waals surface area contributed by atoms with Crippen LogP contribution in [0.2, 0.25) is 0 Å². The van der Waals surface area contributed by atoms with Crippen molar-refractivity contribution in [2.75, 3.05) is 36.4 Å². The summed E-state index contributed by atoms with van der Waals surface area (Å²) in [4.78, 5) is 16.5. The summed E-state index contributed by atoms with van der Waals surface area (Å²) in [6.07, 6.45) is 0. The summed E-state index contributed by atoms with van der Waals surface area (Å²) in [6.45, 7) is 2.42. The van der Waals surface area contributed by atoms with Gasteiger partial charge in [0.2, 0.25) is 0 Å². The van der Waals surface area contributed by atoms with Crippen LogP contribution in [-0.4, -0.2) is 47.2 Å². The van der Waals surface area contributed by atoms with Gasteiger partial charge in [-0.25, -0.2) is 8.78 Å². The van der Waals surface area contributed by atoms with Crippen molar-refractivity contribution in [2.24, 2.45) is 0 Å². The first-order valence-electron chi connectivity index (χ1n) is 9.24. The van der Waals surface area contributed by atoms with E-state index in [1.165, 1.54) is 24.3 Å². The molecule has 1 amide bonds. The second-order valence-corrected chi connectivity index (χ2v) is 6.69. The zero-order valence-electron chi connectivity index (χ0n) is 15.6. The standard InChI is InChI=1S/C21H19F2N5O/c22-15-1-5-17(6-2-15)24-20-10-9-19(25-26-20)21(29)28-13-11-27(12-14-28)18-7-3-16(23)4-8-18/h1-10H,11-14H2,(H,24,26). The number of rotatable bonds is 4. The van der Waals surface area contributed by atoms with E-state index >= 15 is 0 Å². The quantitative estimate of drug-likeness (QED) is 0.733. The minimum absolute atomic E-state index is 0.176. The molecule has 0 radical (unpaired) electrons. The normalized spacial score (nSPS) is 14.0. The predicted molar refractivity (Wildman–Crippen MR) is 106 cm³/mol. The Labute approximate surface area is 166 Å². The van der Waals surface area contributed by atoms with E-state index in [0.29, 0.717) is 37.7 Å². The zero-order chi connectivity index (χ0) is 20.2. The Kier molecular flexibility index (Phi) is 5.33. The highest BCUT2D eigenvalue weighted by molar-refractivity contribution is 5.92. The molecule has 3 aromatic rings. The molecule has 0 saturated carbocycles. The molecule has 6 nitrogen and oxygen atoms in total. The fourth-order valence-electron chi connectivity index (χ4n) is 3.18. The maximum absolute atomic E-state index is 13.1. The Bertz CT molecular complexity index is 969. The lowest BCUT2D eigenvalue weighted by atomic mass is 10.2. The van der Waals surface area contributed by atoms with Crippen molar-refractivity contribution in [3.63, 3.8) is 0 Å². The lowest BCUT2D eigenvalue weighted by Gasteiger charge is -2.35. The summed E-state index contributed by atoms with van der Waals surface area (Å²) in [7, 11) is 0. The number of nitrogens with zero attached hydrogens (tertiary/aromatic N) is 4. The molecule has 0 unspecified atom stereocenters. The maximum Gasteiger partial charge on any atom is 0.274 e. The van der Waals surface area contributed by atoms with E-state index in [2.05, 4.69) is 20.4 Å². The van der Waals surface area contributed by atoms with Crippen molar-refractivity contribution in [1.29, 1.82) is 0 Å². The minimum Gasteiger partial charge on any atom is -0.368 e. The first-order chi connectivity index (χ1) is 14.1. The highest BCUT2D eigenvalue weighted by Crippen LogP contribution is 2.18. The van der Waals surface area contributed by atoms with Crippen LogP contribution in [0.1, 0.15) is 10.5 Å². The Morgan fingerprint density at radius 2 is 1.41 bits per heavy atom. The van der Waals surface area contributed by atoms with Crippen molar-refractivity contribution < 1.29 is 13.6 Å². The molecule has 1 aliphatic rings. The summed E-state index contributed by atoms with van der Waals surface area (Å²) in [5.74, 6) is -0.292. The molecule has 2 aromatic carbocycles. The lowest BCUT2D eigenvalue weighted by Crippen LogP contribution is -2.49. The van der Waals surface area contributed by atoms with E-state index in [0.717, 1.165) is 5.69 Å². The van der Waals surface area contributed by atoms with Gasteiger partial charge in [0.05, 0.1) is 0 Å². The summed E-state index contributed by atoms with van der Waals surface area (Å²) < 4.78 is 26.0. The Hall–Kier alpha value is -3.55. The third-order valence-electron chi connectivity index (χ3n) is 4.76. The second-order valence-electron chi connectivity index (χ2n) is 6.69. The van der Waals surface area contributed by atoms with Crippen LogP contribution in [0.3, 0.4) is 0 Å². The Balaban J connectivity index is 1.35. The first-order valence-corrected chi connectivity index (χ1v) is 9.24. The first kappa shape index (κ1) is 18.8. The molecule has 148 valence electrons. The summed E-state index contributed by atoms with van der Waals surface area (Å²) >= 11 is 0. The second kappa shape index (κ2) is 8.22. The molecule has 0 aliphatic carbocycles. The number of carbonyl (C=O) groups is 1. The number of carbonyl (C=O) groups excluding carboxylic acids is 1. The Morgan fingerprint density at radius 3 is 2.00 bits per heavy atom. The SMILES string of the molecule is O=C(c1ccc(Nc2ccc(F)cc2)nn1)N1CCN(c2ccc(F)cc2)CC1. The number of amides is 1. The smallest absolute Gasteiger partial charge is 0.274 e. The zero-order valence-corrected chi connectivity index (χ0v) is 15.6. The molecule has 0 spiro atoms. The number of aromatic nitrogens is 2. The Morgan fingerprint density at radius 1 is 0.793 bits per heavy atom. The molecule has 1 saturated heterocycles. The van der Waals surface area contributed by atoms with Gasteiger partial charge in [-0.05, 0) is 60.7 Å². The highest BCUT2D eigenvalue weighted by Gasteiger charge is 2.23. The number of hydrogen-bond acceptors (Lipinski definition) is 5. The van der Waals surface area contributed by atoms with Crippen LogP contribution in [0.15, 0.2) is 60.7 Å². The van der Waals surface area contributed by atoms with Gasteiger partial charge >= 0.3 is 0 Å². The van der Waals surface area contributed by atoms with E-state index in [9.17, 15) is 13.6 Å². The number of piperazine rings is 1. The molecular formula is C21H19F2N5O. The van der Waals surface area contributed by atoms with Gasteiger partial charge in [0, 0.05) is 37.6 Å². The molecule has 29 heavy (non-hydrogen) atoms. The van der Waals surface area contributed by atoms with Crippen molar-refractivity contribution in [2.45, 2.75) is 0 Å². The summed E-state index contributed by atoms with van der Waals surface area (Å²) in [6, 6.07) is 15.5. The van der Waals surface area contributed by atoms with Crippen LogP contribution in [0.25, 0.3) is 0 Å². The van der Waals surface area contributed by atoms with Crippen LogP contribution in [0.4, 0.5) is 26.0 Å². The van der Waals surface area contributed by atoms with Gasteiger partial charge in [0.25, 0.3) is 5.91 Å². The number of benzene rings is 2. The van der Waals surface area contributed by atoms with E-state index in [-0.39, 0.29) is 23.2 Å². The molecule has 4 rings (SSSR count). The largest absolute Gasteiger partial charge is 0.368 e. The molecule has 1 N–H and O–H groups in total. The minimum atomic E-state index is -0.317. The van der Waals surface area contributed by atoms with E-state index in [4.69, 9.17) is 0 Å². The predicted octanol–water partition coefficient (Wildman–Crippen LogP) is 3.46. The van der Waals surface area contributed by atoms with Gasteiger partial charge in [-0.3, -0.25) is 4.79 Å². The van der Waals surface area contributed by atoms with Gasteiger partial charge in [0.1, 0.15) is 11.6 Å². The van der Waals surface area contributed by atoms with E-state index < -0.39 is 0 Å². The van der Waals surface area contributed by atoms with E-state index in [1.807, 2.05) is 0 Å². The van der Waals surface area contributed by atoms with Gasteiger partial charge in [0.15, 0.2) is 11.5 Å². The van der Waals surface area contributed by atoms with E-state index in [1.54, 1.807) is 41.3 Å². The van der Waals surface area contributed by atoms with Gasteiger partial charge in [-0.15, -0.1) is 10.2 Å². The van der Waals surface area contributed by atoms with Crippen LogP contribution in [0.5, 0.6) is 0 Å². The molecule has 2 heterocycles. The average molecular weight is 395 g/mol. The monoisotopic (exact) mass is 395 g/mol. The van der Waals surface area contributed by atoms with Crippen LogP contribution < -0.4 is 10.2 Å². The van der Waals surface area contributed by atoms with Crippen LogP contribution in [-0.2, 0) is 0 Å². The average Bonchev–Trinajstić information content (AvgIpc) is 2.76. The lowest BCUT2D eigenvalue weighted by molar-refractivity contribution is 0.0739. The summed E-state index contributed by atoms with van der Waals surface area (Å²) in [5.41, 5.74) is 1.89. The molecular weight excluding hydrogens is 376 g/mol. The number of halogens is 2. The summed E-state index contributed by atoms with van der Waals surface area (Å²) in [5, 5.41) is 11.1. The van der Waals surface area contributed by atoms with Crippen molar-refractivity contribution in [3.05, 3.63) is 78.0 Å². The van der Waals surface area contributed by atoms with Gasteiger partial charge in [-0.2, -0.15) is 0 Å². The fourth-order valence-corrected chi connectivity index (χ4v) is 3.18. The molecule has 1 fully saturated rings. The maximum atomic E-state index is 13.1. The highest BCUT2D eigenvalue weighted by atomic mass is 19.1. The number of nitrogens with one attached hydrogen (secondary N) is 1. The van der Waals surface area contributed by atoms with Crippen molar-refractivity contribution in [1.82, 2.24) is 15.1 Å². The number of anilines is 3. The van der Waals surface area contributed by atoms with Gasteiger partial charge in [-0.1, -0.05) is 0 Å². The van der Waals surface area contributed by atoms with Crippen molar-refractivity contribution >= 4 is 23.1 Å². The third-order valence-corrected chi connectivity index (χ3v) is 4.76. The third kappa shape index (κ3) is 4.48. The van der Waals surface area contributed by atoms with Crippen molar-refractivity contribution in [3.8, 4) is 0 Å². The van der Waals surface area contributed by atoms with Gasteiger partial charge < -0.3 is 15.1 Å². The molecule has 0 bridgehead atoms. The number of hydrogen-bond donors (Lipinski definition) is 1. The van der Waals surface area contributed by atoms with Crippen LogP contribution >= 0.6 is 0 Å².